The second-order valence-corrected chi connectivity index (χ2v) is 29.3. The van der Waals surface area contributed by atoms with Crippen molar-refractivity contribution in [2.75, 3.05) is 24.6 Å². The van der Waals surface area contributed by atoms with E-state index in [0.717, 1.165) is 51.4 Å². The summed E-state index contributed by atoms with van der Waals surface area (Å²) < 4.78 is 24.7. The molecule has 0 heterocycles. The van der Waals surface area contributed by atoms with Crippen LogP contribution in [0.4, 0.5) is 0 Å². The van der Waals surface area contributed by atoms with Gasteiger partial charge in [0.15, 0.2) is 0 Å². The first kappa shape index (κ1) is 83.1. The number of unbranched alkanes of at least 4 members (excludes halogenated alkanes) is 48. The van der Waals surface area contributed by atoms with Crippen molar-refractivity contribution in [2.24, 2.45) is 0 Å². The quantitative estimate of drug-likeness (QED) is 0.0345. The molecule has 0 N–H and O–H groups in total. The molecule has 4 nitrogen and oxygen atoms in total. The summed E-state index contributed by atoms with van der Waals surface area (Å²) in [5.41, 5.74) is 0. The summed E-state index contributed by atoms with van der Waals surface area (Å²) in [6.07, 6.45) is 91.4. The number of rotatable bonds is 64. The van der Waals surface area contributed by atoms with Gasteiger partial charge in [0, 0.05) is 14.7 Å². The van der Waals surface area contributed by atoms with Crippen molar-refractivity contribution in [3.05, 3.63) is 48.6 Å². The molecule has 0 fully saturated rings. The Labute approximate surface area is 508 Å². The summed E-state index contributed by atoms with van der Waals surface area (Å²) in [5, 5.41) is 0. The molecule has 0 atom stereocenters. The first-order valence-corrected chi connectivity index (χ1v) is 39.4. The molecule has 0 aliphatic rings. The zero-order chi connectivity index (χ0) is 57.1. The minimum absolute atomic E-state index is 0. The summed E-state index contributed by atoms with van der Waals surface area (Å²) in [5.74, 6) is 0. The second kappa shape index (κ2) is 72.1. The van der Waals surface area contributed by atoms with E-state index in [0.29, 0.717) is 24.6 Å². The molecule has 0 saturated heterocycles. The standard InChI is InChI=1S/2C36H71O2P.Co/c2*1-3-5-7-9-11-13-15-17-19-21-23-25-27-29-31-33-35-39(37,38)36-34-32-30-28-26-24-22-20-18-16-14-12-10-8-6-4-2;/h2*17-20H,3-16,21-36H2,1-2H3,(H,37,38);/q;;+2/p-2/b2*19-17-,20-18-;. The largest absolute Gasteiger partial charge is 2.00 e. The van der Waals surface area contributed by atoms with E-state index in [1.54, 1.807) is 0 Å². The maximum atomic E-state index is 12.3. The van der Waals surface area contributed by atoms with Gasteiger partial charge < -0.3 is 18.9 Å². The van der Waals surface area contributed by atoms with Gasteiger partial charge in [-0.1, -0.05) is 307 Å². The fraction of sp³-hybridized carbons (Fsp3) is 0.889. The average molecular weight is 1190 g/mol. The van der Waals surface area contributed by atoms with Crippen LogP contribution in [0.5, 0.6) is 0 Å². The minimum atomic E-state index is -3.14. The summed E-state index contributed by atoms with van der Waals surface area (Å²) in [6, 6.07) is 0. The molecule has 1 radical (unpaired) electrons. The third-order valence-corrected chi connectivity index (χ3v) is 20.0. The van der Waals surface area contributed by atoms with Gasteiger partial charge >= 0.3 is 16.8 Å². The van der Waals surface area contributed by atoms with Gasteiger partial charge in [-0.25, -0.2) is 0 Å². The number of hydrogen-bond acceptors (Lipinski definition) is 4. The molecule has 0 aliphatic heterocycles. The molecule has 0 aromatic rings. The number of allylic oxidation sites excluding steroid dienone is 8. The SMILES string of the molecule is CCCCCCCC/C=C\CCCCCCCCP(=O)([O-])CCCCCCCC/C=C\CCCCCCCC.CCCCCCCC/C=C\CCCCCCCCP(=O)([O-])CCCCCCCC/C=C\CCCCCCCC.[Co+2]. The summed E-state index contributed by atoms with van der Waals surface area (Å²) >= 11 is 0. The van der Waals surface area contributed by atoms with Crippen LogP contribution < -0.4 is 9.79 Å². The molecule has 0 aliphatic carbocycles. The van der Waals surface area contributed by atoms with Crippen molar-refractivity contribution in [3.8, 4) is 0 Å². The van der Waals surface area contributed by atoms with Crippen LogP contribution in [0.1, 0.15) is 387 Å². The fourth-order valence-electron chi connectivity index (χ4n) is 10.6. The first-order valence-electron chi connectivity index (χ1n) is 35.4. The molecule has 0 unspecified atom stereocenters. The smallest absolute Gasteiger partial charge is 0.799 e. The fourth-order valence-corrected chi connectivity index (χ4v) is 13.9. The number of hydrogen-bond donors (Lipinski definition) is 0. The van der Waals surface area contributed by atoms with Gasteiger partial charge in [0.1, 0.15) is 0 Å². The molecule has 79 heavy (non-hydrogen) atoms. The van der Waals surface area contributed by atoms with E-state index in [1.165, 1.54) is 308 Å². The molecule has 0 rings (SSSR count). The van der Waals surface area contributed by atoms with E-state index in [4.69, 9.17) is 0 Å². The van der Waals surface area contributed by atoms with Gasteiger partial charge in [-0.3, -0.25) is 0 Å². The van der Waals surface area contributed by atoms with Crippen molar-refractivity contribution in [2.45, 2.75) is 387 Å². The van der Waals surface area contributed by atoms with Crippen LogP contribution >= 0.6 is 14.7 Å². The van der Waals surface area contributed by atoms with E-state index in [9.17, 15) is 18.9 Å². The van der Waals surface area contributed by atoms with E-state index >= 15 is 0 Å². The van der Waals surface area contributed by atoms with Crippen LogP contribution in [0.3, 0.4) is 0 Å². The summed E-state index contributed by atoms with van der Waals surface area (Å²) in [4.78, 5) is 24.7. The molecule has 0 aromatic carbocycles. The van der Waals surface area contributed by atoms with Gasteiger partial charge in [-0.2, -0.15) is 0 Å². The van der Waals surface area contributed by atoms with Gasteiger partial charge in [0.05, 0.1) is 0 Å². The molecule has 0 saturated carbocycles. The molecule has 7 heteroatoms. The molecular formula is C72H140CoO4P2. The van der Waals surface area contributed by atoms with Crippen molar-refractivity contribution in [1.29, 1.82) is 0 Å². The van der Waals surface area contributed by atoms with Crippen molar-refractivity contribution in [1.82, 2.24) is 0 Å². The van der Waals surface area contributed by atoms with E-state index in [-0.39, 0.29) is 16.8 Å². The topological polar surface area (TPSA) is 80.3 Å². The van der Waals surface area contributed by atoms with Crippen LogP contribution in [0, 0.1) is 0 Å². The molecule has 471 valence electrons. The maximum absolute atomic E-state index is 12.3. The Morgan fingerprint density at radius 3 is 0.456 bits per heavy atom. The Kier molecular flexibility index (Phi) is 75.8. The first-order chi connectivity index (χ1) is 38.2. The Hall–Kier alpha value is -0.154. The van der Waals surface area contributed by atoms with Gasteiger partial charge in [0.25, 0.3) is 0 Å². The molecule has 0 aromatic heterocycles. The van der Waals surface area contributed by atoms with Gasteiger partial charge in [-0.15, -0.1) is 0 Å². The van der Waals surface area contributed by atoms with Crippen molar-refractivity contribution < 1.29 is 35.7 Å². The second-order valence-electron chi connectivity index (χ2n) is 24.3. The van der Waals surface area contributed by atoms with Crippen LogP contribution in [-0.2, 0) is 25.9 Å². The van der Waals surface area contributed by atoms with Gasteiger partial charge in [0.2, 0.25) is 0 Å². The average Bonchev–Trinajstić information content (AvgIpc) is 3.42. The molecule has 0 spiro atoms. The van der Waals surface area contributed by atoms with Crippen molar-refractivity contribution >= 4 is 14.7 Å². The van der Waals surface area contributed by atoms with Crippen LogP contribution in [-0.4, -0.2) is 24.6 Å². The predicted molar refractivity (Wildman–Crippen MR) is 352 cm³/mol. The van der Waals surface area contributed by atoms with E-state index in [2.05, 4.69) is 76.3 Å². The van der Waals surface area contributed by atoms with Crippen LogP contribution in [0.2, 0.25) is 0 Å². The summed E-state index contributed by atoms with van der Waals surface area (Å²) in [7, 11) is -6.27. The maximum Gasteiger partial charge on any atom is 2.00 e. The zero-order valence-corrected chi connectivity index (χ0v) is 56.7. The van der Waals surface area contributed by atoms with Crippen LogP contribution in [0.15, 0.2) is 48.6 Å². The van der Waals surface area contributed by atoms with Gasteiger partial charge in [-0.05, 0) is 153 Å². The van der Waals surface area contributed by atoms with E-state index in [1.807, 2.05) is 0 Å². The molecular weight excluding hydrogens is 1050 g/mol. The zero-order valence-electron chi connectivity index (χ0n) is 53.9. The Morgan fingerprint density at radius 2 is 0.316 bits per heavy atom. The van der Waals surface area contributed by atoms with Crippen LogP contribution in [0.25, 0.3) is 0 Å². The Morgan fingerprint density at radius 1 is 0.203 bits per heavy atom. The molecule has 0 amide bonds. The normalized spacial score (nSPS) is 12.2. The summed E-state index contributed by atoms with van der Waals surface area (Å²) in [6.45, 7) is 9.09. The molecule has 0 bridgehead atoms. The Balaban J connectivity index is -0.00000144. The monoisotopic (exact) mass is 1190 g/mol. The third-order valence-electron chi connectivity index (χ3n) is 16.0. The van der Waals surface area contributed by atoms with Crippen molar-refractivity contribution in [3.63, 3.8) is 0 Å². The third kappa shape index (κ3) is 77.8. The van der Waals surface area contributed by atoms with E-state index < -0.39 is 14.7 Å². The predicted octanol–water partition coefficient (Wildman–Crippen LogP) is 25.4. The Bertz CT molecular complexity index is 1150. The minimum Gasteiger partial charge on any atom is -0.799 e.